The van der Waals surface area contributed by atoms with Crippen LogP contribution in [0.3, 0.4) is 0 Å². The van der Waals surface area contributed by atoms with Gasteiger partial charge in [-0.3, -0.25) is 0 Å². The molecular weight excluding hydrogens is 110 g/mol. The van der Waals surface area contributed by atoms with E-state index in [1.54, 1.807) is 0 Å². The fourth-order valence-electron chi connectivity index (χ4n) is 1.44. The zero-order valence-corrected chi connectivity index (χ0v) is 6.86. The molecule has 0 saturated carbocycles. The number of rotatable bonds is 0. The fraction of sp³-hybridized carbons (Fsp3) is 1.00. The molecule has 1 nitrogen and oxygen atoms in total. The van der Waals surface area contributed by atoms with Gasteiger partial charge in [-0.05, 0) is 18.3 Å². The van der Waals surface area contributed by atoms with Crippen LogP contribution in [0.1, 0.15) is 27.7 Å². The van der Waals surface area contributed by atoms with E-state index >= 15 is 0 Å². The van der Waals surface area contributed by atoms with Crippen molar-refractivity contribution in [2.75, 3.05) is 6.54 Å². The summed E-state index contributed by atoms with van der Waals surface area (Å²) in [6.07, 6.45) is 0. The normalized spacial score (nSPS) is 41.3. The van der Waals surface area contributed by atoms with E-state index in [1.807, 2.05) is 0 Å². The topological polar surface area (TPSA) is 12.0 Å². The van der Waals surface area contributed by atoms with Crippen molar-refractivity contribution in [1.29, 1.82) is 0 Å². The van der Waals surface area contributed by atoms with E-state index in [-0.39, 0.29) is 0 Å². The smallest absolute Gasteiger partial charge is 0.00701 e. The van der Waals surface area contributed by atoms with Gasteiger partial charge in [-0.25, -0.2) is 0 Å². The third-order valence-electron chi connectivity index (χ3n) is 2.86. The lowest BCUT2D eigenvalue weighted by Crippen LogP contribution is -2.22. The summed E-state index contributed by atoms with van der Waals surface area (Å²) in [4.78, 5) is 0. The fourth-order valence-corrected chi connectivity index (χ4v) is 1.44. The molecule has 54 valence electrons. The molecule has 0 aliphatic carbocycles. The average Bonchev–Trinajstić information content (AvgIpc) is 1.97. The van der Waals surface area contributed by atoms with Gasteiger partial charge in [0, 0.05) is 12.6 Å². The second-order valence-electron chi connectivity index (χ2n) is 3.95. The molecule has 2 atom stereocenters. The first-order valence-electron chi connectivity index (χ1n) is 3.77. The van der Waals surface area contributed by atoms with Crippen molar-refractivity contribution in [2.45, 2.75) is 33.7 Å². The van der Waals surface area contributed by atoms with Crippen LogP contribution >= 0.6 is 0 Å². The van der Waals surface area contributed by atoms with Gasteiger partial charge in [0.1, 0.15) is 0 Å². The summed E-state index contributed by atoms with van der Waals surface area (Å²) >= 11 is 0. The van der Waals surface area contributed by atoms with E-state index in [1.165, 1.54) is 6.54 Å². The minimum Gasteiger partial charge on any atom is -0.313 e. The Hall–Kier alpha value is -0.0400. The number of nitrogens with one attached hydrogen (secondary N) is 1. The standard InChI is InChI=1S/C8H17N/c1-6-7(2)9-5-8(6,3)4/h6-7,9H,5H2,1-4H3. The van der Waals surface area contributed by atoms with Crippen LogP contribution in [0.15, 0.2) is 0 Å². The van der Waals surface area contributed by atoms with Crippen LogP contribution in [0, 0.1) is 11.3 Å². The van der Waals surface area contributed by atoms with Gasteiger partial charge in [0.15, 0.2) is 0 Å². The van der Waals surface area contributed by atoms with Crippen LogP contribution in [-0.4, -0.2) is 12.6 Å². The van der Waals surface area contributed by atoms with Crippen LogP contribution in [0.4, 0.5) is 0 Å². The molecule has 2 unspecified atom stereocenters. The first kappa shape index (κ1) is 7.07. The predicted octanol–water partition coefficient (Wildman–Crippen LogP) is 1.64. The van der Waals surface area contributed by atoms with Crippen molar-refractivity contribution in [3.63, 3.8) is 0 Å². The molecule has 0 aromatic carbocycles. The zero-order chi connectivity index (χ0) is 7.07. The lowest BCUT2D eigenvalue weighted by atomic mass is 9.81. The average molecular weight is 127 g/mol. The molecule has 1 aliphatic heterocycles. The molecule has 0 aromatic heterocycles. The Bertz CT molecular complexity index is 107. The zero-order valence-electron chi connectivity index (χ0n) is 6.86. The molecule has 0 amide bonds. The first-order chi connectivity index (χ1) is 4.04. The summed E-state index contributed by atoms with van der Waals surface area (Å²) in [5.74, 6) is 0.817. The quantitative estimate of drug-likeness (QED) is 0.521. The summed E-state index contributed by atoms with van der Waals surface area (Å²) in [7, 11) is 0. The summed E-state index contributed by atoms with van der Waals surface area (Å²) in [5.41, 5.74) is 0.513. The Morgan fingerprint density at radius 3 is 2.00 bits per heavy atom. The molecule has 1 heterocycles. The predicted molar refractivity (Wildman–Crippen MR) is 40.4 cm³/mol. The molecule has 1 saturated heterocycles. The van der Waals surface area contributed by atoms with Gasteiger partial charge in [0.25, 0.3) is 0 Å². The summed E-state index contributed by atoms with van der Waals surface area (Å²) in [6.45, 7) is 10.4. The molecule has 1 heteroatoms. The Morgan fingerprint density at radius 2 is 1.89 bits per heavy atom. The van der Waals surface area contributed by atoms with Crippen LogP contribution in [0.25, 0.3) is 0 Å². The maximum Gasteiger partial charge on any atom is 0.00701 e. The Balaban J connectivity index is 2.62. The largest absolute Gasteiger partial charge is 0.313 e. The summed E-state index contributed by atoms with van der Waals surface area (Å²) in [6, 6.07) is 0.708. The van der Waals surface area contributed by atoms with Crippen molar-refractivity contribution in [1.82, 2.24) is 5.32 Å². The molecule has 0 bridgehead atoms. The number of hydrogen-bond donors (Lipinski definition) is 1. The molecule has 1 fully saturated rings. The number of hydrogen-bond acceptors (Lipinski definition) is 1. The molecular formula is C8H17N. The maximum atomic E-state index is 3.46. The van der Waals surface area contributed by atoms with Gasteiger partial charge >= 0.3 is 0 Å². The molecule has 0 radical (unpaired) electrons. The van der Waals surface area contributed by atoms with E-state index in [0.717, 1.165) is 5.92 Å². The van der Waals surface area contributed by atoms with Crippen LogP contribution in [0.2, 0.25) is 0 Å². The monoisotopic (exact) mass is 127 g/mol. The van der Waals surface area contributed by atoms with E-state index < -0.39 is 0 Å². The highest BCUT2D eigenvalue weighted by atomic mass is 15.0. The van der Waals surface area contributed by atoms with Crippen molar-refractivity contribution >= 4 is 0 Å². The lowest BCUT2D eigenvalue weighted by Gasteiger charge is -2.23. The second-order valence-corrected chi connectivity index (χ2v) is 3.95. The van der Waals surface area contributed by atoms with E-state index in [0.29, 0.717) is 11.5 Å². The van der Waals surface area contributed by atoms with Gasteiger partial charge in [-0.1, -0.05) is 20.8 Å². The van der Waals surface area contributed by atoms with E-state index in [2.05, 4.69) is 33.0 Å². The molecule has 1 aliphatic rings. The Kier molecular flexibility index (Phi) is 1.55. The second kappa shape index (κ2) is 1.98. The van der Waals surface area contributed by atoms with Gasteiger partial charge < -0.3 is 5.32 Å². The van der Waals surface area contributed by atoms with Gasteiger partial charge in [-0.15, -0.1) is 0 Å². The van der Waals surface area contributed by atoms with Gasteiger partial charge in [-0.2, -0.15) is 0 Å². The highest BCUT2D eigenvalue weighted by Gasteiger charge is 2.35. The first-order valence-corrected chi connectivity index (χ1v) is 3.77. The highest BCUT2D eigenvalue weighted by Crippen LogP contribution is 2.33. The van der Waals surface area contributed by atoms with Crippen molar-refractivity contribution < 1.29 is 0 Å². The highest BCUT2D eigenvalue weighted by molar-refractivity contribution is 4.91. The molecule has 1 N–H and O–H groups in total. The Labute approximate surface area is 57.8 Å². The van der Waals surface area contributed by atoms with Crippen LogP contribution in [0.5, 0.6) is 0 Å². The van der Waals surface area contributed by atoms with Crippen molar-refractivity contribution in [3.05, 3.63) is 0 Å². The molecule has 0 aromatic rings. The third-order valence-corrected chi connectivity index (χ3v) is 2.86. The van der Waals surface area contributed by atoms with Gasteiger partial charge in [0.2, 0.25) is 0 Å². The van der Waals surface area contributed by atoms with Crippen LogP contribution in [-0.2, 0) is 0 Å². The molecule has 0 spiro atoms. The minimum absolute atomic E-state index is 0.513. The van der Waals surface area contributed by atoms with E-state index in [4.69, 9.17) is 0 Å². The van der Waals surface area contributed by atoms with Crippen molar-refractivity contribution in [3.8, 4) is 0 Å². The third kappa shape index (κ3) is 1.11. The summed E-state index contributed by atoms with van der Waals surface area (Å²) < 4.78 is 0. The Morgan fingerprint density at radius 1 is 1.33 bits per heavy atom. The van der Waals surface area contributed by atoms with Crippen molar-refractivity contribution in [2.24, 2.45) is 11.3 Å². The lowest BCUT2D eigenvalue weighted by molar-refractivity contribution is 0.288. The van der Waals surface area contributed by atoms with Crippen LogP contribution < -0.4 is 5.32 Å². The van der Waals surface area contributed by atoms with E-state index in [9.17, 15) is 0 Å². The molecule has 1 rings (SSSR count). The summed E-state index contributed by atoms with van der Waals surface area (Å²) in [5, 5.41) is 3.46. The SMILES string of the molecule is CC1NCC(C)(C)C1C. The van der Waals surface area contributed by atoms with Gasteiger partial charge in [0.05, 0.1) is 0 Å². The maximum absolute atomic E-state index is 3.46. The minimum atomic E-state index is 0.513. The molecule has 9 heavy (non-hydrogen) atoms.